The zero-order valence-electron chi connectivity index (χ0n) is 15.7. The van der Waals surface area contributed by atoms with Crippen LogP contribution in [0.25, 0.3) is 0 Å². The third-order valence-corrected chi connectivity index (χ3v) is 4.85. The van der Waals surface area contributed by atoms with E-state index in [-0.39, 0.29) is 28.0 Å². The molecular weight excluding hydrogens is 370 g/mol. The van der Waals surface area contributed by atoms with Gasteiger partial charge in [-0.25, -0.2) is 13.2 Å². The lowest BCUT2D eigenvalue weighted by Gasteiger charge is -2.14. The van der Waals surface area contributed by atoms with E-state index in [4.69, 9.17) is 14.2 Å². The van der Waals surface area contributed by atoms with E-state index in [1.54, 1.807) is 26.0 Å². The number of esters is 1. The SMILES string of the molecule is CCOc1ccc(S(=O)(=O)Nc2cc(C(=O)OC(C)C)ccc2OC)cc1. The summed E-state index contributed by atoms with van der Waals surface area (Å²) >= 11 is 0. The zero-order valence-corrected chi connectivity index (χ0v) is 16.5. The van der Waals surface area contributed by atoms with Crippen LogP contribution in [0.15, 0.2) is 47.4 Å². The number of hydrogen-bond acceptors (Lipinski definition) is 6. The van der Waals surface area contributed by atoms with Crippen LogP contribution in [-0.4, -0.2) is 34.2 Å². The number of ether oxygens (including phenoxy) is 3. The van der Waals surface area contributed by atoms with Crippen LogP contribution in [0.1, 0.15) is 31.1 Å². The normalized spacial score (nSPS) is 11.1. The lowest BCUT2D eigenvalue weighted by molar-refractivity contribution is 0.0378. The quantitative estimate of drug-likeness (QED) is 0.691. The number of carbonyl (C=O) groups is 1. The standard InChI is InChI=1S/C19H23NO6S/c1-5-25-15-7-9-16(10-8-15)27(22,23)20-17-12-14(6-11-18(17)24-4)19(21)26-13(2)3/h6-13,20H,5H2,1-4H3. The Morgan fingerprint density at radius 3 is 2.33 bits per heavy atom. The number of rotatable bonds is 8. The van der Waals surface area contributed by atoms with Crippen LogP contribution in [0.3, 0.4) is 0 Å². The first kappa shape index (κ1) is 20.6. The van der Waals surface area contributed by atoms with Gasteiger partial charge in [-0.1, -0.05) is 0 Å². The molecule has 0 bridgehead atoms. The molecule has 0 radical (unpaired) electrons. The number of sulfonamides is 1. The molecule has 2 rings (SSSR count). The molecule has 0 aromatic heterocycles. The second-order valence-electron chi connectivity index (χ2n) is 5.88. The summed E-state index contributed by atoms with van der Waals surface area (Å²) in [5, 5.41) is 0. The molecule has 8 heteroatoms. The van der Waals surface area contributed by atoms with Gasteiger partial charge in [0.05, 0.1) is 36.0 Å². The monoisotopic (exact) mass is 393 g/mol. The summed E-state index contributed by atoms with van der Waals surface area (Å²) in [5.74, 6) is 0.312. The molecule has 2 aromatic rings. The zero-order chi connectivity index (χ0) is 20.0. The Labute approximate surface area is 159 Å². The summed E-state index contributed by atoms with van der Waals surface area (Å²) in [6, 6.07) is 10.4. The first-order valence-corrected chi connectivity index (χ1v) is 9.90. The van der Waals surface area contributed by atoms with Gasteiger partial charge in [0, 0.05) is 0 Å². The molecule has 0 aliphatic heterocycles. The number of benzene rings is 2. The Balaban J connectivity index is 2.31. The second kappa shape index (κ2) is 8.77. The van der Waals surface area contributed by atoms with Crippen molar-refractivity contribution in [1.29, 1.82) is 0 Å². The maximum atomic E-state index is 12.7. The van der Waals surface area contributed by atoms with Crippen LogP contribution in [0.4, 0.5) is 5.69 Å². The van der Waals surface area contributed by atoms with Gasteiger partial charge in [0.1, 0.15) is 11.5 Å². The summed E-state index contributed by atoms with van der Waals surface area (Å²) < 4.78 is 43.5. The molecule has 0 fully saturated rings. The first-order valence-electron chi connectivity index (χ1n) is 8.41. The second-order valence-corrected chi connectivity index (χ2v) is 7.56. The van der Waals surface area contributed by atoms with Crippen molar-refractivity contribution in [3.05, 3.63) is 48.0 Å². The summed E-state index contributed by atoms with van der Waals surface area (Å²) in [4.78, 5) is 12.1. The Kier molecular flexibility index (Phi) is 6.68. The van der Waals surface area contributed by atoms with Crippen LogP contribution in [0.2, 0.25) is 0 Å². The molecule has 0 amide bonds. The van der Waals surface area contributed by atoms with E-state index >= 15 is 0 Å². The summed E-state index contributed by atoms with van der Waals surface area (Å²) in [7, 11) is -2.47. The average molecular weight is 393 g/mol. The molecule has 0 aliphatic rings. The van der Waals surface area contributed by atoms with E-state index in [0.717, 1.165) is 0 Å². The molecule has 0 saturated carbocycles. The highest BCUT2D eigenvalue weighted by atomic mass is 32.2. The van der Waals surface area contributed by atoms with Gasteiger partial charge in [-0.3, -0.25) is 4.72 Å². The van der Waals surface area contributed by atoms with Gasteiger partial charge < -0.3 is 14.2 Å². The number of nitrogens with one attached hydrogen (secondary N) is 1. The van der Waals surface area contributed by atoms with Crippen molar-refractivity contribution in [2.45, 2.75) is 31.8 Å². The molecule has 0 spiro atoms. The van der Waals surface area contributed by atoms with Crippen molar-refractivity contribution in [2.24, 2.45) is 0 Å². The van der Waals surface area contributed by atoms with E-state index in [2.05, 4.69) is 4.72 Å². The highest BCUT2D eigenvalue weighted by Gasteiger charge is 2.19. The minimum atomic E-state index is -3.88. The Morgan fingerprint density at radius 2 is 1.78 bits per heavy atom. The molecule has 0 heterocycles. The van der Waals surface area contributed by atoms with Crippen molar-refractivity contribution < 1.29 is 27.4 Å². The predicted octanol–water partition coefficient (Wildman–Crippen LogP) is 3.46. The Morgan fingerprint density at radius 1 is 1.11 bits per heavy atom. The highest BCUT2D eigenvalue weighted by Crippen LogP contribution is 2.29. The van der Waals surface area contributed by atoms with Gasteiger partial charge in [-0.2, -0.15) is 0 Å². The van der Waals surface area contributed by atoms with Crippen LogP contribution in [0.5, 0.6) is 11.5 Å². The third kappa shape index (κ3) is 5.37. The number of hydrogen-bond donors (Lipinski definition) is 1. The van der Waals surface area contributed by atoms with Crippen LogP contribution < -0.4 is 14.2 Å². The Bertz CT molecular complexity index is 891. The van der Waals surface area contributed by atoms with Crippen molar-refractivity contribution in [1.82, 2.24) is 0 Å². The van der Waals surface area contributed by atoms with E-state index < -0.39 is 16.0 Å². The smallest absolute Gasteiger partial charge is 0.338 e. The molecule has 7 nitrogen and oxygen atoms in total. The summed E-state index contributed by atoms with van der Waals surface area (Å²) in [6.07, 6.45) is -0.288. The molecule has 0 saturated heterocycles. The van der Waals surface area contributed by atoms with Crippen molar-refractivity contribution >= 4 is 21.7 Å². The molecular formula is C19H23NO6S. The fourth-order valence-electron chi connectivity index (χ4n) is 2.28. The fraction of sp³-hybridized carbons (Fsp3) is 0.316. The lowest BCUT2D eigenvalue weighted by Crippen LogP contribution is -2.15. The van der Waals surface area contributed by atoms with Gasteiger partial charge >= 0.3 is 5.97 Å². The van der Waals surface area contributed by atoms with Gasteiger partial charge in [-0.15, -0.1) is 0 Å². The van der Waals surface area contributed by atoms with E-state index in [0.29, 0.717) is 12.4 Å². The Hall–Kier alpha value is -2.74. The number of methoxy groups -OCH3 is 1. The minimum Gasteiger partial charge on any atom is -0.495 e. The van der Waals surface area contributed by atoms with Crippen LogP contribution in [0, 0.1) is 0 Å². The average Bonchev–Trinajstić information content (AvgIpc) is 2.61. The molecule has 2 aromatic carbocycles. The van der Waals surface area contributed by atoms with Gasteiger partial charge in [0.25, 0.3) is 10.0 Å². The summed E-state index contributed by atoms with van der Waals surface area (Å²) in [6.45, 7) is 5.80. The molecule has 146 valence electrons. The number of carbonyl (C=O) groups excluding carboxylic acids is 1. The van der Waals surface area contributed by atoms with E-state index in [1.807, 2.05) is 6.92 Å². The largest absolute Gasteiger partial charge is 0.495 e. The van der Waals surface area contributed by atoms with Crippen molar-refractivity contribution in [2.75, 3.05) is 18.4 Å². The predicted molar refractivity (Wildman–Crippen MR) is 102 cm³/mol. The lowest BCUT2D eigenvalue weighted by atomic mass is 10.2. The van der Waals surface area contributed by atoms with E-state index in [1.165, 1.54) is 37.4 Å². The van der Waals surface area contributed by atoms with Gasteiger partial charge in [-0.05, 0) is 63.2 Å². The highest BCUT2D eigenvalue weighted by molar-refractivity contribution is 7.92. The molecule has 1 N–H and O–H groups in total. The topological polar surface area (TPSA) is 90.9 Å². The minimum absolute atomic E-state index is 0.0585. The number of anilines is 1. The maximum absolute atomic E-state index is 12.7. The summed E-state index contributed by atoms with van der Waals surface area (Å²) in [5.41, 5.74) is 0.360. The van der Waals surface area contributed by atoms with Crippen molar-refractivity contribution in [3.63, 3.8) is 0 Å². The maximum Gasteiger partial charge on any atom is 0.338 e. The third-order valence-electron chi connectivity index (χ3n) is 3.47. The fourth-order valence-corrected chi connectivity index (χ4v) is 3.34. The first-order chi connectivity index (χ1) is 12.8. The molecule has 0 unspecified atom stereocenters. The van der Waals surface area contributed by atoms with Crippen LogP contribution in [-0.2, 0) is 14.8 Å². The van der Waals surface area contributed by atoms with Crippen molar-refractivity contribution in [3.8, 4) is 11.5 Å². The van der Waals surface area contributed by atoms with Gasteiger partial charge in [0.15, 0.2) is 0 Å². The molecule has 27 heavy (non-hydrogen) atoms. The van der Waals surface area contributed by atoms with E-state index in [9.17, 15) is 13.2 Å². The molecule has 0 aliphatic carbocycles. The van der Waals surface area contributed by atoms with Gasteiger partial charge in [0.2, 0.25) is 0 Å². The molecule has 0 atom stereocenters. The van der Waals surface area contributed by atoms with Crippen LogP contribution >= 0.6 is 0 Å².